The Morgan fingerprint density at radius 1 is 0.871 bits per heavy atom. The molecule has 4 aromatic carbocycles. The van der Waals surface area contributed by atoms with Crippen molar-refractivity contribution >= 4 is 33.6 Å². The van der Waals surface area contributed by atoms with Gasteiger partial charge >= 0.3 is 5.97 Å². The molecule has 0 heterocycles. The number of allylic oxidation sites excluding steroid dienone is 1. The molecule has 0 saturated heterocycles. The first-order valence-corrected chi connectivity index (χ1v) is 10.3. The molecule has 0 amide bonds. The van der Waals surface area contributed by atoms with Crippen LogP contribution in [0.5, 0.6) is 0 Å². The Kier molecular flexibility index (Phi) is 5.60. The predicted octanol–water partition coefficient (Wildman–Crippen LogP) is 6.77. The van der Waals surface area contributed by atoms with Gasteiger partial charge in [-0.1, -0.05) is 65.9 Å². The van der Waals surface area contributed by atoms with Crippen LogP contribution in [0.1, 0.15) is 38.2 Å². The summed E-state index contributed by atoms with van der Waals surface area (Å²) < 4.78 is 4.98. The van der Waals surface area contributed by atoms with Crippen molar-refractivity contribution in [1.82, 2.24) is 0 Å². The molecule has 0 fully saturated rings. The van der Waals surface area contributed by atoms with Crippen LogP contribution in [-0.4, -0.2) is 13.1 Å². The maximum absolute atomic E-state index is 12.2. The van der Waals surface area contributed by atoms with Crippen LogP contribution in [-0.2, 0) is 4.74 Å². The second-order valence-corrected chi connectivity index (χ2v) is 7.82. The van der Waals surface area contributed by atoms with Crippen molar-refractivity contribution in [2.24, 2.45) is 0 Å². The Bertz CT molecular complexity index is 1390. The average Bonchev–Trinajstić information content (AvgIpc) is 2.76. The van der Waals surface area contributed by atoms with Crippen molar-refractivity contribution in [3.05, 3.63) is 100 Å². The number of hydrogen-bond acceptors (Lipinski definition) is 2. The predicted molar refractivity (Wildman–Crippen MR) is 129 cm³/mol. The number of carbonyl (C=O) groups is 1. The van der Waals surface area contributed by atoms with Gasteiger partial charge in [-0.2, -0.15) is 0 Å². The number of esters is 1. The fraction of sp³-hybridized carbons (Fsp3) is 0.138. The molecule has 31 heavy (non-hydrogen) atoms. The lowest BCUT2D eigenvalue weighted by Gasteiger charge is -2.09. The minimum atomic E-state index is -0.320. The maximum atomic E-state index is 12.2. The van der Waals surface area contributed by atoms with Crippen LogP contribution in [0.3, 0.4) is 0 Å². The molecule has 0 N–H and O–H groups in total. The lowest BCUT2D eigenvalue weighted by molar-refractivity contribution is 0.0603. The quantitative estimate of drug-likeness (QED) is 0.209. The molecule has 4 rings (SSSR count). The summed E-state index contributed by atoms with van der Waals surface area (Å²) in [6.07, 6.45) is 3.92. The molecule has 0 spiro atoms. The number of methoxy groups -OCH3 is 1. The molecule has 0 aliphatic heterocycles. The zero-order valence-electron chi connectivity index (χ0n) is 18.2. The third-order valence-electron chi connectivity index (χ3n) is 5.52. The minimum Gasteiger partial charge on any atom is -0.465 e. The Labute approximate surface area is 183 Å². The smallest absolute Gasteiger partial charge is 0.338 e. The average molecular weight is 405 g/mol. The lowest BCUT2D eigenvalue weighted by atomic mass is 9.96. The Hall–Kier alpha value is -3.83. The highest BCUT2D eigenvalue weighted by Gasteiger charge is 2.13. The second kappa shape index (κ2) is 8.50. The largest absolute Gasteiger partial charge is 0.465 e. The summed E-state index contributed by atoms with van der Waals surface area (Å²) in [5.74, 6) is 6.14. The third-order valence-corrected chi connectivity index (χ3v) is 5.52. The van der Waals surface area contributed by atoms with E-state index in [0.717, 1.165) is 32.7 Å². The van der Waals surface area contributed by atoms with Crippen molar-refractivity contribution in [3.8, 4) is 11.8 Å². The van der Waals surface area contributed by atoms with E-state index in [4.69, 9.17) is 4.74 Å². The van der Waals surface area contributed by atoms with Gasteiger partial charge in [0.05, 0.1) is 12.7 Å². The number of fused-ring (bicyclic) bond motifs is 3. The monoisotopic (exact) mass is 404 g/mol. The fourth-order valence-corrected chi connectivity index (χ4v) is 4.13. The lowest BCUT2D eigenvalue weighted by Crippen LogP contribution is -2.02. The first-order chi connectivity index (χ1) is 15.0. The minimum absolute atomic E-state index is 0.320. The molecule has 152 valence electrons. The van der Waals surface area contributed by atoms with Gasteiger partial charge in [0.15, 0.2) is 0 Å². The first kappa shape index (κ1) is 20.4. The number of ether oxygens (including phenoxy) is 1. The van der Waals surface area contributed by atoms with Gasteiger partial charge in [-0.15, -0.1) is 0 Å². The molecule has 0 saturated carbocycles. The number of hydrogen-bond donors (Lipinski definition) is 0. The van der Waals surface area contributed by atoms with Crippen molar-refractivity contribution in [2.45, 2.75) is 20.8 Å². The molecule has 0 radical (unpaired) electrons. The Morgan fingerprint density at radius 3 is 2.29 bits per heavy atom. The van der Waals surface area contributed by atoms with Crippen LogP contribution in [0.4, 0.5) is 0 Å². The molecule has 0 bridgehead atoms. The SMILES string of the molecule is COC(=O)c1cc2ccc(/C=C\C#Cc3c(C)cc(C)cc3C)cc2c2ccccc12. The van der Waals surface area contributed by atoms with Gasteiger partial charge in [0, 0.05) is 5.56 Å². The summed E-state index contributed by atoms with van der Waals surface area (Å²) >= 11 is 0. The van der Waals surface area contributed by atoms with E-state index >= 15 is 0 Å². The van der Waals surface area contributed by atoms with Crippen molar-refractivity contribution < 1.29 is 9.53 Å². The van der Waals surface area contributed by atoms with E-state index in [-0.39, 0.29) is 5.97 Å². The highest BCUT2D eigenvalue weighted by molar-refractivity contribution is 6.16. The molecule has 0 aliphatic rings. The van der Waals surface area contributed by atoms with E-state index in [2.05, 4.69) is 50.8 Å². The van der Waals surface area contributed by atoms with E-state index in [1.54, 1.807) is 0 Å². The molecule has 0 unspecified atom stereocenters. The van der Waals surface area contributed by atoms with Crippen LogP contribution < -0.4 is 0 Å². The van der Waals surface area contributed by atoms with Crippen LogP contribution in [0.15, 0.2) is 66.7 Å². The summed E-state index contributed by atoms with van der Waals surface area (Å²) in [6, 6.07) is 20.4. The Morgan fingerprint density at radius 2 is 1.58 bits per heavy atom. The summed E-state index contributed by atoms with van der Waals surface area (Å²) in [4.78, 5) is 12.2. The van der Waals surface area contributed by atoms with Crippen LogP contribution in [0.25, 0.3) is 27.6 Å². The maximum Gasteiger partial charge on any atom is 0.338 e. The van der Waals surface area contributed by atoms with Crippen molar-refractivity contribution in [2.75, 3.05) is 7.11 Å². The van der Waals surface area contributed by atoms with Crippen molar-refractivity contribution in [3.63, 3.8) is 0 Å². The number of carbonyl (C=O) groups excluding carboxylic acids is 1. The zero-order chi connectivity index (χ0) is 22.0. The number of rotatable bonds is 2. The van der Waals surface area contributed by atoms with Gasteiger partial charge in [0.1, 0.15) is 0 Å². The van der Waals surface area contributed by atoms with Gasteiger partial charge in [-0.3, -0.25) is 0 Å². The van der Waals surface area contributed by atoms with E-state index in [1.165, 1.54) is 23.8 Å². The molecular formula is C29H24O2. The van der Waals surface area contributed by atoms with E-state index in [9.17, 15) is 4.79 Å². The van der Waals surface area contributed by atoms with Gasteiger partial charge in [-0.05, 0) is 83.3 Å². The molecule has 2 heteroatoms. The number of aryl methyl sites for hydroxylation is 3. The summed E-state index contributed by atoms with van der Waals surface area (Å²) in [6.45, 7) is 6.31. The van der Waals surface area contributed by atoms with Gasteiger partial charge in [0.25, 0.3) is 0 Å². The van der Waals surface area contributed by atoms with Gasteiger partial charge < -0.3 is 4.74 Å². The highest BCUT2D eigenvalue weighted by atomic mass is 16.5. The van der Waals surface area contributed by atoms with Crippen LogP contribution in [0.2, 0.25) is 0 Å². The standard InChI is InChI=1S/C29H24O2/c1-19-15-20(2)24(21(3)16-19)10-6-5-9-22-13-14-23-18-28(29(30)31-4)26-12-8-7-11-25(26)27(23)17-22/h5,7-9,11-18H,1-4H3/b9-5-. The molecule has 0 atom stereocenters. The molecular weight excluding hydrogens is 380 g/mol. The van der Waals surface area contributed by atoms with Crippen LogP contribution >= 0.6 is 0 Å². The fourth-order valence-electron chi connectivity index (χ4n) is 4.13. The number of benzene rings is 4. The summed E-state index contributed by atoms with van der Waals surface area (Å²) in [5.41, 5.74) is 6.41. The van der Waals surface area contributed by atoms with Gasteiger partial charge in [-0.25, -0.2) is 4.79 Å². The summed E-state index contributed by atoms with van der Waals surface area (Å²) in [5, 5.41) is 4.04. The Balaban J connectivity index is 1.73. The van der Waals surface area contributed by atoms with E-state index < -0.39 is 0 Å². The molecule has 0 aliphatic carbocycles. The van der Waals surface area contributed by atoms with Gasteiger partial charge in [0.2, 0.25) is 0 Å². The molecule has 4 aromatic rings. The normalized spacial score (nSPS) is 11.0. The summed E-state index contributed by atoms with van der Waals surface area (Å²) in [7, 11) is 1.41. The van der Waals surface area contributed by atoms with E-state index in [0.29, 0.717) is 5.56 Å². The second-order valence-electron chi connectivity index (χ2n) is 7.82. The topological polar surface area (TPSA) is 26.3 Å². The molecule has 2 nitrogen and oxygen atoms in total. The highest BCUT2D eigenvalue weighted by Crippen LogP contribution is 2.30. The third kappa shape index (κ3) is 4.09. The molecule has 0 aromatic heterocycles. The van der Waals surface area contributed by atoms with Crippen molar-refractivity contribution in [1.29, 1.82) is 0 Å². The first-order valence-electron chi connectivity index (χ1n) is 10.3. The van der Waals surface area contributed by atoms with Crippen LogP contribution in [0, 0.1) is 32.6 Å². The zero-order valence-corrected chi connectivity index (χ0v) is 18.2. The van der Waals surface area contributed by atoms with E-state index in [1.807, 2.05) is 54.6 Å².